The largest absolute Gasteiger partial charge is 0.333 e. The van der Waals surface area contributed by atoms with E-state index in [2.05, 4.69) is 23.8 Å². The number of aromatic nitrogens is 2. The fourth-order valence-electron chi connectivity index (χ4n) is 1.69. The van der Waals surface area contributed by atoms with Crippen molar-refractivity contribution in [3.05, 3.63) is 18.0 Å². The van der Waals surface area contributed by atoms with E-state index in [1.54, 1.807) is 6.07 Å². The molecule has 1 atom stereocenters. The van der Waals surface area contributed by atoms with Crippen LogP contribution in [0.4, 0.5) is 8.78 Å². The second kappa shape index (κ2) is 5.94. The van der Waals surface area contributed by atoms with Crippen LogP contribution >= 0.6 is 0 Å². The first kappa shape index (κ1) is 13.1. The van der Waals surface area contributed by atoms with Gasteiger partial charge in [0.25, 0.3) is 0 Å². The second-order valence-corrected chi connectivity index (χ2v) is 3.87. The van der Waals surface area contributed by atoms with Crippen molar-refractivity contribution in [2.75, 3.05) is 6.54 Å². The first-order valence-electron chi connectivity index (χ1n) is 5.64. The molecule has 3 nitrogen and oxygen atoms in total. The third-order valence-electron chi connectivity index (χ3n) is 2.92. The molecule has 0 aromatic carbocycles. The van der Waals surface area contributed by atoms with Gasteiger partial charge < -0.3 is 0 Å². The number of halogens is 2. The minimum Gasteiger partial charge on any atom is -0.295 e. The third kappa shape index (κ3) is 3.01. The average molecular weight is 231 g/mol. The van der Waals surface area contributed by atoms with Crippen LogP contribution in [0.2, 0.25) is 0 Å². The van der Waals surface area contributed by atoms with Gasteiger partial charge in [-0.2, -0.15) is 13.9 Å². The Morgan fingerprint density at radius 2 is 2.12 bits per heavy atom. The lowest BCUT2D eigenvalue weighted by Crippen LogP contribution is -2.32. The number of rotatable bonds is 6. The van der Waals surface area contributed by atoms with Gasteiger partial charge in [0.2, 0.25) is 0 Å². The molecule has 0 aliphatic carbocycles. The monoisotopic (exact) mass is 231 g/mol. The lowest BCUT2D eigenvalue weighted by Gasteiger charge is -2.26. The zero-order valence-electron chi connectivity index (χ0n) is 10.0. The van der Waals surface area contributed by atoms with E-state index >= 15 is 0 Å². The molecule has 1 unspecified atom stereocenters. The Labute approximate surface area is 95.0 Å². The van der Waals surface area contributed by atoms with Crippen LogP contribution in [0.15, 0.2) is 12.3 Å². The molecule has 92 valence electrons. The highest BCUT2D eigenvalue weighted by atomic mass is 19.3. The molecule has 0 aliphatic heterocycles. The topological polar surface area (TPSA) is 21.1 Å². The summed E-state index contributed by atoms with van der Waals surface area (Å²) in [6, 6.07) is 2.04. The van der Waals surface area contributed by atoms with Crippen molar-refractivity contribution in [1.82, 2.24) is 14.7 Å². The van der Waals surface area contributed by atoms with E-state index in [0.29, 0.717) is 18.3 Å². The van der Waals surface area contributed by atoms with Crippen molar-refractivity contribution < 1.29 is 8.78 Å². The summed E-state index contributed by atoms with van der Waals surface area (Å²) in [6.45, 7) is 5.05. The van der Waals surface area contributed by atoms with Gasteiger partial charge in [0.05, 0.1) is 5.69 Å². The highest BCUT2D eigenvalue weighted by molar-refractivity contribution is 5.01. The average Bonchev–Trinajstić information content (AvgIpc) is 2.72. The summed E-state index contributed by atoms with van der Waals surface area (Å²) in [4.78, 5) is 2.16. The second-order valence-electron chi connectivity index (χ2n) is 3.87. The van der Waals surface area contributed by atoms with Crippen molar-refractivity contribution in [3.63, 3.8) is 0 Å². The van der Waals surface area contributed by atoms with Crippen LogP contribution < -0.4 is 0 Å². The smallest absolute Gasteiger partial charge is 0.295 e. The SMILES string of the molecule is CCC(C)N(CC)Cc1ccnn1C(F)F. The van der Waals surface area contributed by atoms with E-state index in [4.69, 9.17) is 0 Å². The summed E-state index contributed by atoms with van der Waals surface area (Å²) in [6.07, 6.45) is 2.43. The number of hydrogen-bond donors (Lipinski definition) is 0. The summed E-state index contributed by atoms with van der Waals surface area (Å²) in [5, 5.41) is 3.63. The highest BCUT2D eigenvalue weighted by Crippen LogP contribution is 2.15. The summed E-state index contributed by atoms with van der Waals surface area (Å²) in [7, 11) is 0. The molecule has 1 aromatic heterocycles. The maximum atomic E-state index is 12.6. The van der Waals surface area contributed by atoms with Gasteiger partial charge in [0.15, 0.2) is 0 Å². The van der Waals surface area contributed by atoms with Gasteiger partial charge in [0, 0.05) is 18.8 Å². The van der Waals surface area contributed by atoms with Gasteiger partial charge in [0.1, 0.15) is 0 Å². The molecule has 0 aliphatic rings. The molecule has 0 amide bonds. The van der Waals surface area contributed by atoms with Crippen molar-refractivity contribution in [2.24, 2.45) is 0 Å². The van der Waals surface area contributed by atoms with Gasteiger partial charge in [-0.15, -0.1) is 0 Å². The van der Waals surface area contributed by atoms with Crippen molar-refractivity contribution >= 4 is 0 Å². The summed E-state index contributed by atoms with van der Waals surface area (Å²) in [5.41, 5.74) is 0.567. The fraction of sp³-hybridized carbons (Fsp3) is 0.727. The maximum Gasteiger partial charge on any atom is 0.333 e. The quantitative estimate of drug-likeness (QED) is 0.750. The van der Waals surface area contributed by atoms with Crippen molar-refractivity contribution in [1.29, 1.82) is 0 Å². The van der Waals surface area contributed by atoms with Crippen molar-refractivity contribution in [2.45, 2.75) is 46.3 Å². The molecule has 16 heavy (non-hydrogen) atoms. The predicted molar refractivity (Wildman–Crippen MR) is 59.3 cm³/mol. The predicted octanol–water partition coefficient (Wildman–Crippen LogP) is 2.90. The van der Waals surface area contributed by atoms with Crippen molar-refractivity contribution in [3.8, 4) is 0 Å². The molecule has 1 aromatic rings. The van der Waals surface area contributed by atoms with E-state index in [0.717, 1.165) is 17.6 Å². The van der Waals surface area contributed by atoms with E-state index in [-0.39, 0.29) is 0 Å². The Bertz CT molecular complexity index is 312. The van der Waals surface area contributed by atoms with Gasteiger partial charge >= 0.3 is 6.55 Å². The Kier molecular flexibility index (Phi) is 4.86. The van der Waals surface area contributed by atoms with Crippen LogP contribution in [0.3, 0.4) is 0 Å². The standard InChI is InChI=1S/C11H19F2N3/c1-4-9(3)15(5-2)8-10-6-7-14-16(10)11(12)13/h6-7,9,11H,4-5,8H2,1-3H3. The number of nitrogens with zero attached hydrogens (tertiary/aromatic N) is 3. The van der Waals surface area contributed by atoms with E-state index in [1.165, 1.54) is 6.20 Å². The first-order chi connectivity index (χ1) is 7.60. The molecule has 0 spiro atoms. The Morgan fingerprint density at radius 1 is 1.44 bits per heavy atom. The van der Waals surface area contributed by atoms with Gasteiger partial charge in [-0.25, -0.2) is 4.68 Å². The molecule has 0 saturated carbocycles. The molecule has 0 fully saturated rings. The molecular weight excluding hydrogens is 212 g/mol. The van der Waals surface area contributed by atoms with Crippen LogP contribution in [-0.4, -0.2) is 27.3 Å². The van der Waals surface area contributed by atoms with E-state index in [9.17, 15) is 8.78 Å². The Hall–Kier alpha value is -0.970. The van der Waals surface area contributed by atoms with Gasteiger partial charge in [-0.3, -0.25) is 4.90 Å². The summed E-state index contributed by atoms with van der Waals surface area (Å²) < 4.78 is 25.9. The number of alkyl halides is 2. The third-order valence-corrected chi connectivity index (χ3v) is 2.92. The van der Waals surface area contributed by atoms with Gasteiger partial charge in [-0.1, -0.05) is 13.8 Å². The maximum absolute atomic E-state index is 12.6. The normalized spacial score (nSPS) is 13.7. The zero-order valence-corrected chi connectivity index (χ0v) is 10.0. The molecular formula is C11H19F2N3. The molecule has 0 N–H and O–H groups in total. The molecule has 1 rings (SSSR count). The van der Waals surface area contributed by atoms with Crippen LogP contribution in [0.25, 0.3) is 0 Å². The molecule has 5 heteroatoms. The molecule has 0 saturated heterocycles. The lowest BCUT2D eigenvalue weighted by atomic mass is 10.2. The fourth-order valence-corrected chi connectivity index (χ4v) is 1.69. The van der Waals surface area contributed by atoms with Crippen LogP contribution in [0.5, 0.6) is 0 Å². The summed E-state index contributed by atoms with van der Waals surface area (Å²) >= 11 is 0. The lowest BCUT2D eigenvalue weighted by molar-refractivity contribution is 0.0495. The summed E-state index contributed by atoms with van der Waals surface area (Å²) in [5.74, 6) is 0. The minimum absolute atomic E-state index is 0.394. The molecule has 0 bridgehead atoms. The number of hydrogen-bond acceptors (Lipinski definition) is 2. The zero-order chi connectivity index (χ0) is 12.1. The van der Waals surface area contributed by atoms with E-state index in [1.807, 2.05) is 6.92 Å². The van der Waals surface area contributed by atoms with Crippen LogP contribution in [0, 0.1) is 0 Å². The first-order valence-corrected chi connectivity index (χ1v) is 5.64. The van der Waals surface area contributed by atoms with E-state index < -0.39 is 6.55 Å². The highest BCUT2D eigenvalue weighted by Gasteiger charge is 2.16. The Morgan fingerprint density at radius 3 is 2.62 bits per heavy atom. The van der Waals surface area contributed by atoms with Crippen LogP contribution in [-0.2, 0) is 6.54 Å². The minimum atomic E-state index is -2.55. The van der Waals surface area contributed by atoms with Crippen LogP contribution in [0.1, 0.15) is 39.4 Å². The van der Waals surface area contributed by atoms with Gasteiger partial charge in [-0.05, 0) is 26.0 Å². The Balaban J connectivity index is 2.74. The molecule has 1 heterocycles. The molecule has 0 radical (unpaired) electrons.